The number of allylic oxidation sites excluding steroid dienone is 9. The second-order valence-electron chi connectivity index (χ2n) is 5.34. The average Bonchev–Trinajstić information content (AvgIpc) is 2.60. The molecule has 0 unspecified atom stereocenters. The van der Waals surface area contributed by atoms with Gasteiger partial charge in [-0.15, -0.1) is 0 Å². The molecule has 0 saturated carbocycles. The second kappa shape index (κ2) is 12.4. The highest BCUT2D eigenvalue weighted by molar-refractivity contribution is 6.12. The fourth-order valence-corrected chi connectivity index (χ4v) is 1.87. The molecule has 0 spiro atoms. The number of rotatable bonds is 11. The lowest BCUT2D eigenvalue weighted by atomic mass is 9.98. The molecule has 0 radical (unpaired) electrons. The van der Waals surface area contributed by atoms with Crippen LogP contribution in [-0.4, -0.2) is 33.1 Å². The first kappa shape index (κ1) is 21.9. The van der Waals surface area contributed by atoms with Crippen LogP contribution >= 0.6 is 0 Å². The van der Waals surface area contributed by atoms with Crippen LogP contribution < -0.4 is 5.32 Å². The van der Waals surface area contributed by atoms with Gasteiger partial charge in [0.05, 0.1) is 12.3 Å². The van der Waals surface area contributed by atoms with Gasteiger partial charge in [0, 0.05) is 31.0 Å². The molecule has 0 aliphatic heterocycles. The lowest BCUT2D eigenvalue weighted by molar-refractivity contribution is 0.110. The summed E-state index contributed by atoms with van der Waals surface area (Å²) >= 11 is 0. The Bertz CT molecular complexity index is 552. The number of hydrogen-bond donors (Lipinski definition) is 2. The molecule has 0 saturated heterocycles. The number of methoxy groups -OCH3 is 1. The lowest BCUT2D eigenvalue weighted by Crippen LogP contribution is -2.11. The fourth-order valence-electron chi connectivity index (χ4n) is 1.87. The van der Waals surface area contributed by atoms with Crippen LogP contribution in [0.1, 0.15) is 34.1 Å². The Balaban J connectivity index is 5.75. The number of hydrogen-bond acceptors (Lipinski definition) is 4. The Morgan fingerprint density at radius 3 is 2.38 bits per heavy atom. The summed E-state index contributed by atoms with van der Waals surface area (Å²) in [5.74, 6) is 0.768. The van der Waals surface area contributed by atoms with E-state index in [1.165, 1.54) is 0 Å². The van der Waals surface area contributed by atoms with Crippen molar-refractivity contribution in [2.45, 2.75) is 34.1 Å². The van der Waals surface area contributed by atoms with E-state index in [2.05, 4.69) is 18.8 Å². The van der Waals surface area contributed by atoms with Gasteiger partial charge in [-0.3, -0.25) is 5.41 Å². The summed E-state index contributed by atoms with van der Waals surface area (Å²) in [6, 6.07) is 0. The molecule has 0 aromatic rings. The minimum atomic E-state index is 0.482. The van der Waals surface area contributed by atoms with E-state index in [4.69, 9.17) is 14.9 Å². The molecule has 134 valence electrons. The Morgan fingerprint density at radius 2 is 1.88 bits per heavy atom. The van der Waals surface area contributed by atoms with Crippen molar-refractivity contribution in [3.8, 4) is 0 Å². The van der Waals surface area contributed by atoms with Gasteiger partial charge in [0.25, 0.3) is 0 Å². The molecule has 0 amide bonds. The molecule has 0 aromatic carbocycles. The quantitative estimate of drug-likeness (QED) is 0.253. The summed E-state index contributed by atoms with van der Waals surface area (Å²) in [7, 11) is 3.51. The fraction of sp³-hybridized carbons (Fsp3) is 0.450. The lowest BCUT2D eigenvalue weighted by Gasteiger charge is -2.12. The van der Waals surface area contributed by atoms with Crippen LogP contribution in [0, 0.1) is 5.41 Å². The van der Waals surface area contributed by atoms with Crippen molar-refractivity contribution in [1.29, 1.82) is 5.41 Å². The van der Waals surface area contributed by atoms with Crippen molar-refractivity contribution in [3.63, 3.8) is 0 Å². The summed E-state index contributed by atoms with van der Waals surface area (Å²) < 4.78 is 10.7. The van der Waals surface area contributed by atoms with Crippen molar-refractivity contribution in [1.82, 2.24) is 5.32 Å². The predicted molar refractivity (Wildman–Crippen MR) is 103 cm³/mol. The molecule has 0 bridgehead atoms. The SMILES string of the molecule is C=CC(/C=C(\C=C/CC)C(=N)/C(C)=C(\C)NC)=C(/C)OCCOC. The zero-order valence-electron chi connectivity index (χ0n) is 16.0. The van der Waals surface area contributed by atoms with E-state index in [0.717, 1.165) is 34.6 Å². The normalized spacial score (nSPS) is 14.2. The first-order valence-corrected chi connectivity index (χ1v) is 8.20. The highest BCUT2D eigenvalue weighted by Gasteiger charge is 2.09. The van der Waals surface area contributed by atoms with Crippen molar-refractivity contribution in [2.24, 2.45) is 0 Å². The van der Waals surface area contributed by atoms with E-state index >= 15 is 0 Å². The minimum Gasteiger partial charge on any atom is -0.495 e. The van der Waals surface area contributed by atoms with Gasteiger partial charge in [-0.05, 0) is 38.8 Å². The largest absolute Gasteiger partial charge is 0.495 e. The van der Waals surface area contributed by atoms with Gasteiger partial charge in [0.15, 0.2) is 0 Å². The summed E-state index contributed by atoms with van der Waals surface area (Å²) in [6.45, 7) is 12.8. The molecule has 2 N–H and O–H groups in total. The molecule has 0 atom stereocenters. The molecule has 0 rings (SSSR count). The summed E-state index contributed by atoms with van der Waals surface area (Å²) in [5, 5.41) is 11.6. The van der Waals surface area contributed by atoms with E-state index in [-0.39, 0.29) is 0 Å². The van der Waals surface area contributed by atoms with Crippen LogP contribution in [0.3, 0.4) is 0 Å². The minimum absolute atomic E-state index is 0.482. The van der Waals surface area contributed by atoms with Crippen molar-refractivity contribution in [2.75, 3.05) is 27.4 Å². The second-order valence-corrected chi connectivity index (χ2v) is 5.34. The van der Waals surface area contributed by atoms with Crippen LogP contribution in [-0.2, 0) is 9.47 Å². The van der Waals surface area contributed by atoms with Gasteiger partial charge in [-0.25, -0.2) is 0 Å². The van der Waals surface area contributed by atoms with Gasteiger partial charge in [-0.1, -0.05) is 31.7 Å². The first-order valence-electron chi connectivity index (χ1n) is 8.20. The van der Waals surface area contributed by atoms with Crippen LogP contribution in [0.2, 0.25) is 0 Å². The third-order valence-electron chi connectivity index (χ3n) is 3.68. The molecular formula is C20H32N2O2. The predicted octanol–water partition coefficient (Wildman–Crippen LogP) is 4.54. The third kappa shape index (κ3) is 7.47. The average molecular weight is 332 g/mol. The van der Waals surface area contributed by atoms with Crippen LogP contribution in [0.15, 0.2) is 59.1 Å². The molecule has 4 nitrogen and oxygen atoms in total. The van der Waals surface area contributed by atoms with E-state index in [0.29, 0.717) is 18.9 Å². The van der Waals surface area contributed by atoms with E-state index in [1.807, 2.05) is 46.0 Å². The van der Waals surface area contributed by atoms with Gasteiger partial charge in [-0.2, -0.15) is 0 Å². The molecule has 0 aliphatic rings. The van der Waals surface area contributed by atoms with Gasteiger partial charge in [0.2, 0.25) is 0 Å². The molecule has 4 heteroatoms. The smallest absolute Gasteiger partial charge is 0.111 e. The van der Waals surface area contributed by atoms with E-state index in [9.17, 15) is 0 Å². The maximum Gasteiger partial charge on any atom is 0.111 e. The molecule has 0 aliphatic carbocycles. The Labute approximate surface area is 147 Å². The van der Waals surface area contributed by atoms with E-state index < -0.39 is 0 Å². The van der Waals surface area contributed by atoms with Crippen LogP contribution in [0.5, 0.6) is 0 Å². The summed E-state index contributed by atoms with van der Waals surface area (Å²) in [4.78, 5) is 0. The highest BCUT2D eigenvalue weighted by Crippen LogP contribution is 2.17. The van der Waals surface area contributed by atoms with Crippen molar-refractivity contribution >= 4 is 5.71 Å². The molecule has 0 aromatic heterocycles. The Kier molecular flexibility index (Phi) is 11.3. The maximum absolute atomic E-state index is 8.51. The van der Waals surface area contributed by atoms with Crippen LogP contribution in [0.4, 0.5) is 0 Å². The molecular weight excluding hydrogens is 300 g/mol. The van der Waals surface area contributed by atoms with Gasteiger partial charge >= 0.3 is 0 Å². The first-order chi connectivity index (χ1) is 11.4. The third-order valence-corrected chi connectivity index (χ3v) is 3.68. The van der Waals surface area contributed by atoms with Crippen LogP contribution in [0.25, 0.3) is 0 Å². The van der Waals surface area contributed by atoms with Crippen molar-refractivity contribution < 1.29 is 9.47 Å². The molecule has 0 fully saturated rings. The topological polar surface area (TPSA) is 54.3 Å². The Morgan fingerprint density at radius 1 is 1.21 bits per heavy atom. The number of ether oxygens (including phenoxy) is 2. The molecule has 0 heterocycles. The van der Waals surface area contributed by atoms with Gasteiger partial charge in [0.1, 0.15) is 12.4 Å². The van der Waals surface area contributed by atoms with Gasteiger partial charge < -0.3 is 14.8 Å². The monoisotopic (exact) mass is 332 g/mol. The maximum atomic E-state index is 8.51. The van der Waals surface area contributed by atoms with Crippen molar-refractivity contribution in [3.05, 3.63) is 59.1 Å². The zero-order chi connectivity index (χ0) is 18.5. The summed E-state index contributed by atoms with van der Waals surface area (Å²) in [6.07, 6.45) is 8.62. The summed E-state index contributed by atoms with van der Waals surface area (Å²) in [5.41, 5.74) is 4.06. The van der Waals surface area contributed by atoms with E-state index in [1.54, 1.807) is 13.2 Å². The zero-order valence-corrected chi connectivity index (χ0v) is 16.0. The molecule has 24 heavy (non-hydrogen) atoms. The standard InChI is InChI=1S/C20H32N2O2/c1-8-10-11-19(20(21)15(3)16(4)22-6)14-18(9-2)17(5)24-13-12-23-7/h9-11,14,21-22H,2,8,12-13H2,1,3-7H3/b11-10-,16-15+,18-17+,19-14+,21-20?. The Hall–Kier alpha value is -2.07. The number of nitrogens with one attached hydrogen (secondary N) is 2. The highest BCUT2D eigenvalue weighted by atomic mass is 16.5.